The molecule has 2 aromatic carbocycles. The molecule has 0 saturated heterocycles. The largest absolute Gasteiger partial charge is 0.445 e. The average molecular weight is 463 g/mol. The van der Waals surface area contributed by atoms with Crippen molar-refractivity contribution in [1.29, 1.82) is 0 Å². The molecule has 0 aliphatic carbocycles. The molecule has 0 aromatic heterocycles. The third-order valence-corrected chi connectivity index (χ3v) is 4.89. The average Bonchev–Trinajstić information content (AvgIpc) is 2.76. The number of alkyl carbamates (subject to hydrolysis) is 1. The van der Waals surface area contributed by atoms with Crippen molar-refractivity contribution in [2.75, 3.05) is 6.29 Å². The van der Waals surface area contributed by atoms with Crippen LogP contribution in [0.4, 0.5) is 4.79 Å². The predicted octanol–water partition coefficient (Wildman–Crippen LogP) is 1.28. The van der Waals surface area contributed by atoms with Crippen LogP contribution in [0.1, 0.15) is 18.1 Å². The molecule has 11 heteroatoms. The maximum atomic E-state index is 12.8. The molecule has 2 aromatic rings. The van der Waals surface area contributed by atoms with Crippen molar-refractivity contribution in [3.63, 3.8) is 0 Å². The lowest BCUT2D eigenvalue weighted by molar-refractivity contribution is -0.129. The zero-order valence-corrected chi connectivity index (χ0v) is 18.3. The van der Waals surface area contributed by atoms with Crippen LogP contribution in [0, 0.1) is 0 Å². The van der Waals surface area contributed by atoms with Gasteiger partial charge in [-0.2, -0.15) is 0 Å². The first-order valence-electron chi connectivity index (χ1n) is 9.78. The Hall–Kier alpha value is -3.20. The lowest BCUT2D eigenvalue weighted by atomic mass is 10.1. The molecule has 0 unspecified atom stereocenters. The maximum Gasteiger partial charge on any atom is 0.408 e. The zero-order chi connectivity index (χ0) is 23.6. The maximum absolute atomic E-state index is 12.8. The van der Waals surface area contributed by atoms with Crippen LogP contribution >= 0.6 is 7.60 Å². The fraction of sp³-hybridized carbons (Fsp3) is 0.286. The van der Waals surface area contributed by atoms with Crippen LogP contribution in [0.3, 0.4) is 0 Å². The quantitative estimate of drug-likeness (QED) is 0.333. The topological polar surface area (TPSA) is 154 Å². The number of hydrogen-bond donors (Lipinski definition) is 5. The molecule has 32 heavy (non-hydrogen) atoms. The van der Waals surface area contributed by atoms with E-state index in [0.717, 1.165) is 11.1 Å². The fourth-order valence-corrected chi connectivity index (χ4v) is 3.04. The number of hydrogen-bond acceptors (Lipinski definition) is 5. The Morgan fingerprint density at radius 3 is 2.03 bits per heavy atom. The van der Waals surface area contributed by atoms with E-state index < -0.39 is 43.9 Å². The van der Waals surface area contributed by atoms with Crippen molar-refractivity contribution in [2.45, 2.75) is 32.0 Å². The van der Waals surface area contributed by atoms with Crippen LogP contribution in [0.5, 0.6) is 0 Å². The summed E-state index contributed by atoms with van der Waals surface area (Å²) in [7, 11) is -4.43. The zero-order valence-electron chi connectivity index (χ0n) is 17.4. The Kier molecular flexibility index (Phi) is 9.39. The highest BCUT2D eigenvalue weighted by Crippen LogP contribution is 2.31. The first kappa shape index (κ1) is 25.1. The van der Waals surface area contributed by atoms with Crippen molar-refractivity contribution < 1.29 is 33.5 Å². The van der Waals surface area contributed by atoms with E-state index in [1.807, 2.05) is 12.1 Å². The second-order valence-corrected chi connectivity index (χ2v) is 8.69. The second kappa shape index (κ2) is 12.0. The minimum Gasteiger partial charge on any atom is -0.445 e. The predicted molar refractivity (Wildman–Crippen MR) is 116 cm³/mol. The third kappa shape index (κ3) is 9.30. The van der Waals surface area contributed by atoms with Crippen LogP contribution in [0.2, 0.25) is 0 Å². The van der Waals surface area contributed by atoms with E-state index in [0.29, 0.717) is 0 Å². The summed E-state index contributed by atoms with van der Waals surface area (Å²) in [6, 6.07) is 15.9. The van der Waals surface area contributed by atoms with E-state index in [9.17, 15) is 18.9 Å². The molecule has 3 amide bonds. The fourth-order valence-electron chi connectivity index (χ4n) is 2.68. The summed E-state index contributed by atoms with van der Waals surface area (Å²) in [4.78, 5) is 54.8. The molecule has 0 aliphatic heterocycles. The van der Waals surface area contributed by atoms with Crippen molar-refractivity contribution in [3.05, 3.63) is 71.8 Å². The summed E-state index contributed by atoms with van der Waals surface area (Å²) < 4.78 is 16.1. The normalized spacial score (nSPS) is 12.8. The van der Waals surface area contributed by atoms with Gasteiger partial charge in [0.15, 0.2) is 0 Å². The highest BCUT2D eigenvalue weighted by Gasteiger charge is 2.26. The Morgan fingerprint density at radius 1 is 0.906 bits per heavy atom. The minimum atomic E-state index is -4.43. The molecule has 5 N–H and O–H groups in total. The van der Waals surface area contributed by atoms with Crippen LogP contribution in [0.15, 0.2) is 60.7 Å². The van der Waals surface area contributed by atoms with Gasteiger partial charge in [0.2, 0.25) is 11.8 Å². The van der Waals surface area contributed by atoms with Gasteiger partial charge in [-0.05, 0) is 18.1 Å². The molecule has 0 heterocycles. The molecule has 2 rings (SSSR count). The van der Waals surface area contributed by atoms with Crippen LogP contribution in [-0.4, -0.2) is 46.1 Å². The summed E-state index contributed by atoms with van der Waals surface area (Å²) in [6.45, 7) is 1.38. The third-order valence-electron chi connectivity index (χ3n) is 4.32. The number of carbonyl (C=O) groups is 3. The lowest BCUT2D eigenvalue weighted by Crippen LogP contribution is -2.53. The molecule has 0 fully saturated rings. The summed E-state index contributed by atoms with van der Waals surface area (Å²) in [5.41, 5.74) is 1.55. The number of nitrogens with one attached hydrogen (secondary N) is 3. The SMILES string of the molecule is C[C@H](NC(=O)[C@H](Cc1ccccc1)NC(=O)OCc1ccccc1)C(=O)NCP(=O)(O)O. The number of amides is 3. The van der Waals surface area contributed by atoms with Gasteiger partial charge in [0.25, 0.3) is 0 Å². The van der Waals surface area contributed by atoms with Gasteiger partial charge in [-0.15, -0.1) is 0 Å². The summed E-state index contributed by atoms with van der Waals surface area (Å²) >= 11 is 0. The van der Waals surface area contributed by atoms with Gasteiger partial charge in [0.05, 0.1) is 0 Å². The number of rotatable bonds is 10. The van der Waals surface area contributed by atoms with Gasteiger partial charge in [-0.25, -0.2) is 4.79 Å². The van der Waals surface area contributed by atoms with Gasteiger partial charge in [0.1, 0.15) is 25.0 Å². The van der Waals surface area contributed by atoms with Crippen LogP contribution in [-0.2, 0) is 31.9 Å². The standard InChI is InChI=1S/C21H26N3O7P/c1-15(19(25)22-14-32(28,29)30)23-20(26)18(12-16-8-4-2-5-9-16)24-21(27)31-13-17-10-6-3-7-11-17/h2-11,15,18H,12-14H2,1H3,(H,22,25)(H,23,26)(H,24,27)(H2,28,29,30)/t15-,18-/m0/s1. The lowest BCUT2D eigenvalue weighted by Gasteiger charge is -2.21. The van der Waals surface area contributed by atoms with Crippen molar-refractivity contribution in [3.8, 4) is 0 Å². The van der Waals surface area contributed by atoms with Crippen molar-refractivity contribution in [2.24, 2.45) is 0 Å². The first-order chi connectivity index (χ1) is 15.1. The van der Waals surface area contributed by atoms with E-state index in [1.54, 1.807) is 48.5 Å². The molecule has 2 atom stereocenters. The smallest absolute Gasteiger partial charge is 0.408 e. The number of ether oxygens (including phenoxy) is 1. The molecular weight excluding hydrogens is 437 g/mol. The molecule has 0 saturated carbocycles. The van der Waals surface area contributed by atoms with E-state index >= 15 is 0 Å². The molecule has 0 aliphatic rings. The summed E-state index contributed by atoms with van der Waals surface area (Å²) in [6.07, 6.45) is -1.50. The Labute approximate surface area is 185 Å². The van der Waals surface area contributed by atoms with E-state index in [-0.39, 0.29) is 13.0 Å². The van der Waals surface area contributed by atoms with E-state index in [2.05, 4.69) is 16.0 Å². The van der Waals surface area contributed by atoms with Crippen molar-refractivity contribution >= 4 is 25.5 Å². The molecule has 172 valence electrons. The molecule has 0 spiro atoms. The van der Waals surface area contributed by atoms with Gasteiger partial charge >= 0.3 is 13.7 Å². The number of carbonyl (C=O) groups excluding carboxylic acids is 3. The number of benzene rings is 2. The molecule has 0 radical (unpaired) electrons. The minimum absolute atomic E-state index is 0.0214. The highest BCUT2D eigenvalue weighted by atomic mass is 31.2. The van der Waals surface area contributed by atoms with E-state index in [4.69, 9.17) is 14.5 Å². The second-order valence-electron chi connectivity index (χ2n) is 7.04. The van der Waals surface area contributed by atoms with Gasteiger partial charge in [-0.3, -0.25) is 14.2 Å². The van der Waals surface area contributed by atoms with E-state index in [1.165, 1.54) is 6.92 Å². The van der Waals surface area contributed by atoms with Gasteiger partial charge in [0, 0.05) is 6.42 Å². The Balaban J connectivity index is 2.00. The Bertz CT molecular complexity index is 950. The molecular formula is C21H26N3O7P. The molecule has 10 nitrogen and oxygen atoms in total. The summed E-state index contributed by atoms with van der Waals surface area (Å²) in [5.74, 6) is -1.42. The Morgan fingerprint density at radius 2 is 1.47 bits per heavy atom. The van der Waals surface area contributed by atoms with Gasteiger partial charge < -0.3 is 30.5 Å². The first-order valence-corrected chi connectivity index (χ1v) is 11.6. The van der Waals surface area contributed by atoms with Gasteiger partial charge in [-0.1, -0.05) is 60.7 Å². The van der Waals surface area contributed by atoms with Crippen LogP contribution < -0.4 is 16.0 Å². The summed E-state index contributed by atoms with van der Waals surface area (Å²) in [5, 5.41) is 7.01. The highest BCUT2D eigenvalue weighted by molar-refractivity contribution is 7.51. The van der Waals surface area contributed by atoms with Crippen molar-refractivity contribution in [1.82, 2.24) is 16.0 Å². The molecule has 0 bridgehead atoms. The van der Waals surface area contributed by atoms with Crippen LogP contribution in [0.25, 0.3) is 0 Å². The monoisotopic (exact) mass is 463 g/mol.